The van der Waals surface area contributed by atoms with Crippen LogP contribution in [0.5, 0.6) is 0 Å². The van der Waals surface area contributed by atoms with E-state index in [1.807, 2.05) is 30.2 Å². The second-order valence-corrected chi connectivity index (χ2v) is 7.49. The smallest absolute Gasteiger partial charge is 0.245 e. The molecule has 0 radical (unpaired) electrons. The third kappa shape index (κ3) is 4.34. The minimum atomic E-state index is -0.394. The van der Waals surface area contributed by atoms with Crippen molar-refractivity contribution in [1.29, 1.82) is 0 Å². The molecule has 0 aliphatic carbocycles. The molecular weight excluding hydrogens is 396 g/mol. The summed E-state index contributed by atoms with van der Waals surface area (Å²) in [6.45, 7) is 9.13. The fourth-order valence-corrected chi connectivity index (χ4v) is 3.76. The Morgan fingerprint density at radius 3 is 2.71 bits per heavy atom. The highest BCUT2D eigenvalue weighted by Crippen LogP contribution is 2.27. The number of hydrogen-bond donors (Lipinski definition) is 1. The Morgan fingerprint density at radius 2 is 1.97 bits per heavy atom. The van der Waals surface area contributed by atoms with Crippen LogP contribution in [-0.4, -0.2) is 72.6 Å². The highest BCUT2D eigenvalue weighted by atomic mass is 16.5. The summed E-state index contributed by atoms with van der Waals surface area (Å²) in [5.41, 5.74) is 2.15. The summed E-state index contributed by atoms with van der Waals surface area (Å²) in [7, 11) is 0. The molecule has 1 N–H and O–H groups in total. The van der Waals surface area contributed by atoms with Gasteiger partial charge in [-0.25, -0.2) is 24.9 Å². The number of nitrogens with one attached hydrogen (secondary N) is 1. The van der Waals surface area contributed by atoms with Gasteiger partial charge in [-0.15, -0.1) is 0 Å². The minimum absolute atomic E-state index is 0.0573. The van der Waals surface area contributed by atoms with Crippen molar-refractivity contribution in [1.82, 2.24) is 34.4 Å². The van der Waals surface area contributed by atoms with E-state index in [0.29, 0.717) is 62.1 Å². The van der Waals surface area contributed by atoms with Gasteiger partial charge in [-0.1, -0.05) is 6.92 Å². The van der Waals surface area contributed by atoms with Crippen LogP contribution in [0.1, 0.15) is 32.5 Å². The molecule has 1 amide bonds. The highest BCUT2D eigenvalue weighted by molar-refractivity contribution is 5.90. The van der Waals surface area contributed by atoms with Gasteiger partial charge in [-0.3, -0.25) is 4.79 Å². The summed E-state index contributed by atoms with van der Waals surface area (Å²) < 4.78 is 7.49. The number of carbonyl (C=O) groups excluding carboxylic acids is 1. The lowest BCUT2D eigenvalue weighted by Gasteiger charge is -2.26. The number of fused-ring (bicyclic) bond motifs is 1. The molecule has 4 rings (SSSR count). The molecule has 0 spiro atoms. The van der Waals surface area contributed by atoms with Crippen LogP contribution in [0.25, 0.3) is 22.6 Å². The number of aryl methyl sites for hydroxylation is 2. The van der Waals surface area contributed by atoms with Crippen molar-refractivity contribution in [3.05, 3.63) is 24.5 Å². The van der Waals surface area contributed by atoms with Crippen LogP contribution in [0, 0.1) is 6.92 Å². The molecule has 0 aromatic carbocycles. The molecule has 0 bridgehead atoms. The van der Waals surface area contributed by atoms with Crippen molar-refractivity contribution >= 4 is 22.9 Å². The van der Waals surface area contributed by atoms with E-state index in [1.54, 1.807) is 12.4 Å². The summed E-state index contributed by atoms with van der Waals surface area (Å²) in [4.78, 5) is 37.3. The Bertz CT molecular complexity index is 1040. The van der Waals surface area contributed by atoms with Crippen LogP contribution in [-0.2, 0) is 16.1 Å². The molecule has 164 valence electrons. The van der Waals surface area contributed by atoms with Crippen LogP contribution in [0.15, 0.2) is 18.7 Å². The van der Waals surface area contributed by atoms with Crippen LogP contribution in [0.3, 0.4) is 0 Å². The van der Waals surface area contributed by atoms with E-state index >= 15 is 0 Å². The lowest BCUT2D eigenvalue weighted by molar-refractivity contribution is -0.132. The number of ether oxygens (including phenoxy) is 1. The predicted molar refractivity (Wildman–Crippen MR) is 116 cm³/mol. The van der Waals surface area contributed by atoms with Crippen molar-refractivity contribution < 1.29 is 9.53 Å². The van der Waals surface area contributed by atoms with Crippen LogP contribution < -0.4 is 5.32 Å². The number of anilines is 1. The van der Waals surface area contributed by atoms with Crippen molar-refractivity contribution in [2.45, 2.75) is 46.2 Å². The maximum atomic E-state index is 13.1. The van der Waals surface area contributed by atoms with Gasteiger partial charge in [-0.2, -0.15) is 0 Å². The number of nitrogens with zero attached hydrogens (tertiary/aromatic N) is 7. The first-order valence-corrected chi connectivity index (χ1v) is 10.8. The molecule has 0 unspecified atom stereocenters. The van der Waals surface area contributed by atoms with Gasteiger partial charge in [0.15, 0.2) is 17.0 Å². The fourth-order valence-electron chi connectivity index (χ4n) is 3.76. The lowest BCUT2D eigenvalue weighted by atomic mass is 10.2. The van der Waals surface area contributed by atoms with Gasteiger partial charge >= 0.3 is 0 Å². The Kier molecular flexibility index (Phi) is 6.36. The molecule has 0 saturated carbocycles. The van der Waals surface area contributed by atoms with Gasteiger partial charge < -0.3 is 19.5 Å². The molecule has 10 heteroatoms. The second kappa shape index (κ2) is 9.34. The number of aromatic nitrogens is 6. The topological polar surface area (TPSA) is 111 Å². The molecule has 1 aliphatic rings. The molecule has 4 heterocycles. The number of hydrogen-bond acceptors (Lipinski definition) is 8. The predicted octanol–water partition coefficient (Wildman–Crippen LogP) is 2.05. The zero-order chi connectivity index (χ0) is 21.8. The Morgan fingerprint density at radius 1 is 1.16 bits per heavy atom. The standard InChI is InChI=1S/C21H28N8O2/c1-4-16(21(30)28-7-6-9-31-10-8-28)26-18-17-20(25-13-24-18)29(5-2)19(27-17)15-11-22-14(3)23-12-15/h11-13,16H,4-10H2,1-3H3,(H,24,25,26)/t16-/m0/s1. The van der Waals surface area contributed by atoms with E-state index < -0.39 is 6.04 Å². The van der Waals surface area contributed by atoms with Crippen LogP contribution in [0.4, 0.5) is 5.82 Å². The maximum absolute atomic E-state index is 13.1. The van der Waals surface area contributed by atoms with Crippen LogP contribution >= 0.6 is 0 Å². The summed E-state index contributed by atoms with van der Waals surface area (Å²) in [5, 5.41) is 3.32. The molecule has 3 aromatic heterocycles. The average molecular weight is 425 g/mol. The van der Waals surface area contributed by atoms with Crippen molar-refractivity contribution in [3.63, 3.8) is 0 Å². The van der Waals surface area contributed by atoms with E-state index in [1.165, 1.54) is 6.33 Å². The molecule has 31 heavy (non-hydrogen) atoms. The highest BCUT2D eigenvalue weighted by Gasteiger charge is 2.26. The molecule has 1 fully saturated rings. The largest absolute Gasteiger partial charge is 0.380 e. The number of carbonyl (C=O) groups is 1. The van der Waals surface area contributed by atoms with E-state index in [2.05, 4.69) is 25.3 Å². The van der Waals surface area contributed by atoms with Gasteiger partial charge in [-0.05, 0) is 26.7 Å². The number of imidazole rings is 1. The summed E-state index contributed by atoms with van der Waals surface area (Å²) in [6, 6.07) is -0.394. The number of amides is 1. The first-order valence-electron chi connectivity index (χ1n) is 10.8. The first-order chi connectivity index (χ1) is 15.1. The SMILES string of the molecule is CC[C@H](Nc1ncnc2c1nc(-c1cnc(C)nc1)n2CC)C(=O)N1CCCOCC1. The lowest BCUT2D eigenvalue weighted by Crippen LogP contribution is -2.44. The van der Waals surface area contributed by atoms with Crippen LogP contribution in [0.2, 0.25) is 0 Å². The van der Waals surface area contributed by atoms with Gasteiger partial charge in [0.1, 0.15) is 24.0 Å². The van der Waals surface area contributed by atoms with E-state index in [4.69, 9.17) is 9.72 Å². The van der Waals surface area contributed by atoms with Gasteiger partial charge in [0.2, 0.25) is 5.91 Å². The third-order valence-corrected chi connectivity index (χ3v) is 5.44. The molecule has 3 aromatic rings. The van der Waals surface area contributed by atoms with Gasteiger partial charge in [0.05, 0.1) is 12.2 Å². The van der Waals surface area contributed by atoms with Gasteiger partial charge in [0.25, 0.3) is 0 Å². The first kappa shape index (κ1) is 21.1. The quantitative estimate of drug-likeness (QED) is 0.640. The van der Waals surface area contributed by atoms with Crippen molar-refractivity contribution in [2.75, 3.05) is 31.6 Å². The third-order valence-electron chi connectivity index (χ3n) is 5.44. The second-order valence-electron chi connectivity index (χ2n) is 7.49. The monoisotopic (exact) mass is 424 g/mol. The zero-order valence-electron chi connectivity index (χ0n) is 18.2. The number of rotatable bonds is 6. The van der Waals surface area contributed by atoms with E-state index in [9.17, 15) is 4.79 Å². The molecule has 1 aliphatic heterocycles. The zero-order valence-corrected chi connectivity index (χ0v) is 18.2. The van der Waals surface area contributed by atoms with Crippen molar-refractivity contribution in [2.24, 2.45) is 0 Å². The Labute approximate surface area is 181 Å². The van der Waals surface area contributed by atoms with Gasteiger partial charge in [0, 0.05) is 38.6 Å². The fraction of sp³-hybridized carbons (Fsp3) is 0.524. The minimum Gasteiger partial charge on any atom is -0.380 e. The Hall–Kier alpha value is -3.14. The van der Waals surface area contributed by atoms with E-state index in [0.717, 1.165) is 17.8 Å². The van der Waals surface area contributed by atoms with Crippen molar-refractivity contribution in [3.8, 4) is 11.4 Å². The molecular formula is C21H28N8O2. The Balaban J connectivity index is 1.67. The van der Waals surface area contributed by atoms with E-state index in [-0.39, 0.29) is 5.91 Å². The average Bonchev–Trinajstić information content (AvgIpc) is 2.96. The summed E-state index contributed by atoms with van der Waals surface area (Å²) in [5.74, 6) is 2.04. The summed E-state index contributed by atoms with van der Waals surface area (Å²) in [6.07, 6.45) is 6.51. The maximum Gasteiger partial charge on any atom is 0.245 e. The molecule has 1 saturated heterocycles. The normalized spacial score (nSPS) is 15.6. The summed E-state index contributed by atoms with van der Waals surface area (Å²) >= 11 is 0. The molecule has 10 nitrogen and oxygen atoms in total. The molecule has 1 atom stereocenters.